The van der Waals surface area contributed by atoms with Crippen LogP contribution in [-0.4, -0.2) is 72.0 Å². The number of alkyl halides is 1. The lowest BCUT2D eigenvalue weighted by Gasteiger charge is -2.16. The summed E-state index contributed by atoms with van der Waals surface area (Å²) in [4.78, 5) is 15.4. The molecule has 0 bridgehead atoms. The highest BCUT2D eigenvalue weighted by Crippen LogP contribution is 2.37. The Morgan fingerprint density at radius 1 is 1.16 bits per heavy atom. The average Bonchev–Trinajstić information content (AvgIpc) is 3.75. The van der Waals surface area contributed by atoms with Crippen LogP contribution in [0.25, 0.3) is 32.9 Å². The predicted molar refractivity (Wildman–Crippen MR) is 162 cm³/mol. The number of halogens is 3. The number of nitrogens with one attached hydrogen (secondary N) is 1. The zero-order chi connectivity index (χ0) is 30.1. The smallest absolute Gasteiger partial charge is 0.318 e. The van der Waals surface area contributed by atoms with Crippen LogP contribution in [-0.2, 0) is 11.2 Å². The molecule has 228 valence electrons. The van der Waals surface area contributed by atoms with Crippen molar-refractivity contribution in [3.63, 3.8) is 0 Å². The van der Waals surface area contributed by atoms with E-state index in [-0.39, 0.29) is 23.0 Å². The van der Waals surface area contributed by atoms with Gasteiger partial charge in [0.2, 0.25) is 0 Å². The zero-order valence-corrected chi connectivity index (χ0v) is 24.9. The first-order valence-corrected chi connectivity index (χ1v) is 15.2. The number of aryl methyl sites for hydroxylation is 2. The maximum atomic E-state index is 16.0. The topological polar surface area (TPSA) is 72.4 Å². The van der Waals surface area contributed by atoms with E-state index in [4.69, 9.17) is 9.47 Å². The molecule has 7 rings (SSSR count). The van der Waals surface area contributed by atoms with E-state index in [0.717, 1.165) is 36.9 Å². The Morgan fingerprint density at radius 3 is 2.77 bits per heavy atom. The Balaban J connectivity index is 0.000000310. The highest BCUT2D eigenvalue weighted by atomic mass is 19.1. The molecule has 0 amide bonds. The Hall–Kier alpha value is -3.50. The fourth-order valence-electron chi connectivity index (χ4n) is 6.66. The van der Waals surface area contributed by atoms with Crippen LogP contribution in [0.1, 0.15) is 43.7 Å². The predicted octanol–water partition coefficient (Wildman–Crippen LogP) is 6.64. The van der Waals surface area contributed by atoms with E-state index in [1.807, 2.05) is 26.0 Å². The minimum Gasteiger partial charge on any atom is -0.467 e. The van der Waals surface area contributed by atoms with Crippen molar-refractivity contribution in [2.24, 2.45) is 5.92 Å². The molecule has 3 fully saturated rings. The summed E-state index contributed by atoms with van der Waals surface area (Å²) in [5.74, 6) is -0.0912. The van der Waals surface area contributed by atoms with Crippen molar-refractivity contribution in [1.82, 2.24) is 19.9 Å². The number of fused-ring (bicyclic) bond motifs is 3. The van der Waals surface area contributed by atoms with E-state index in [2.05, 4.69) is 25.2 Å². The summed E-state index contributed by atoms with van der Waals surface area (Å²) < 4.78 is 54.0. The van der Waals surface area contributed by atoms with Gasteiger partial charge in [0.05, 0.1) is 19.1 Å². The molecule has 1 N–H and O–H groups in total. The summed E-state index contributed by atoms with van der Waals surface area (Å²) in [7, 11) is 1.44. The van der Waals surface area contributed by atoms with Gasteiger partial charge < -0.3 is 14.8 Å². The van der Waals surface area contributed by atoms with E-state index < -0.39 is 12.0 Å². The first-order chi connectivity index (χ1) is 20.9. The van der Waals surface area contributed by atoms with Crippen molar-refractivity contribution in [1.29, 1.82) is 0 Å². The van der Waals surface area contributed by atoms with Gasteiger partial charge >= 0.3 is 6.01 Å². The first kappa shape index (κ1) is 29.6. The lowest BCUT2D eigenvalue weighted by Crippen LogP contribution is -2.22. The van der Waals surface area contributed by atoms with Crippen LogP contribution in [0.15, 0.2) is 30.5 Å². The van der Waals surface area contributed by atoms with Gasteiger partial charge in [0, 0.05) is 43.4 Å². The number of aromatic nitrogens is 3. The maximum absolute atomic E-state index is 16.0. The number of rotatable bonds is 6. The summed E-state index contributed by atoms with van der Waals surface area (Å²) in [6, 6.07) is 7.66. The molecule has 2 aromatic heterocycles. The molecule has 0 aliphatic carbocycles. The third-order valence-electron chi connectivity index (χ3n) is 8.81. The molecular weight excluding hydrogens is 555 g/mol. The van der Waals surface area contributed by atoms with Crippen LogP contribution in [0.5, 0.6) is 6.01 Å². The van der Waals surface area contributed by atoms with Gasteiger partial charge in [-0.3, -0.25) is 9.88 Å². The molecule has 7 nitrogen and oxygen atoms in total. The fraction of sp³-hybridized carbons (Fsp3) is 0.485. The van der Waals surface area contributed by atoms with Crippen molar-refractivity contribution >= 4 is 27.5 Å². The molecular formula is C33H38F3N5O2. The molecule has 3 saturated heterocycles. The number of ether oxygens (including phenoxy) is 2. The Bertz CT molecular complexity index is 1620. The number of anilines is 1. The number of nitrogens with zero attached hydrogens (tertiary/aromatic N) is 4. The molecule has 2 aromatic carbocycles. The highest BCUT2D eigenvalue weighted by Gasteiger charge is 2.34. The zero-order valence-electron chi connectivity index (χ0n) is 24.9. The number of benzene rings is 2. The molecule has 0 saturated carbocycles. The van der Waals surface area contributed by atoms with Gasteiger partial charge in [0.25, 0.3) is 0 Å². The summed E-state index contributed by atoms with van der Waals surface area (Å²) in [5, 5.41) is 5.26. The summed E-state index contributed by atoms with van der Waals surface area (Å²) >= 11 is 0. The first-order valence-electron chi connectivity index (χ1n) is 15.2. The van der Waals surface area contributed by atoms with Crippen molar-refractivity contribution in [2.45, 2.75) is 58.2 Å². The third kappa shape index (κ3) is 5.99. The largest absolute Gasteiger partial charge is 0.467 e. The van der Waals surface area contributed by atoms with Crippen LogP contribution in [0.3, 0.4) is 0 Å². The second-order valence-electron chi connectivity index (χ2n) is 11.8. The minimum absolute atomic E-state index is 0.0584. The monoisotopic (exact) mass is 593 g/mol. The van der Waals surface area contributed by atoms with Gasteiger partial charge in [-0.2, -0.15) is 9.97 Å². The van der Waals surface area contributed by atoms with E-state index in [9.17, 15) is 8.78 Å². The molecule has 0 spiro atoms. The fourth-order valence-corrected chi connectivity index (χ4v) is 6.66. The van der Waals surface area contributed by atoms with Crippen LogP contribution in [0.2, 0.25) is 0 Å². The molecule has 43 heavy (non-hydrogen) atoms. The van der Waals surface area contributed by atoms with Gasteiger partial charge in [-0.05, 0) is 79.6 Å². The Labute approximate surface area is 249 Å². The molecule has 3 atom stereocenters. The highest BCUT2D eigenvalue weighted by molar-refractivity contribution is 6.01. The molecule has 5 heterocycles. The van der Waals surface area contributed by atoms with Crippen molar-refractivity contribution in [3.05, 3.63) is 53.2 Å². The molecule has 10 heteroatoms. The van der Waals surface area contributed by atoms with Crippen molar-refractivity contribution < 1.29 is 22.6 Å². The van der Waals surface area contributed by atoms with E-state index in [0.29, 0.717) is 65.8 Å². The molecule has 4 aromatic rings. The number of methoxy groups -OCH3 is 1. The van der Waals surface area contributed by atoms with Gasteiger partial charge in [0.1, 0.15) is 29.0 Å². The van der Waals surface area contributed by atoms with E-state index >= 15 is 4.39 Å². The lowest BCUT2D eigenvalue weighted by molar-refractivity contribution is 0.187. The summed E-state index contributed by atoms with van der Waals surface area (Å²) in [5.41, 5.74) is 2.23. The SMILES string of the molecule is CCc1c(F)ccc2cc(C)cc(-c3ncc4c(NC[C@H]5CCOC5)nc(OC)nc4c3F)c12.FC1CC2CCCN2C1. The summed E-state index contributed by atoms with van der Waals surface area (Å²) in [6.45, 7) is 7.73. The third-order valence-corrected chi connectivity index (χ3v) is 8.81. The minimum atomic E-state index is -0.594. The molecule has 3 aliphatic rings. The molecule has 0 radical (unpaired) electrons. The lowest BCUT2D eigenvalue weighted by atomic mass is 9.93. The van der Waals surface area contributed by atoms with Gasteiger partial charge in [-0.1, -0.05) is 19.1 Å². The van der Waals surface area contributed by atoms with Crippen LogP contribution in [0.4, 0.5) is 19.0 Å². The standard InChI is InChI=1S/C26H26F2N4O2.C7H12FN/c1-4-17-20(27)6-5-16-9-14(2)10-18(21(16)17)23-22(28)24-19(12-29-23)25(32-26(31-24)33-3)30-11-15-7-8-34-13-15;8-6-4-7-2-1-3-9(7)5-6/h5-6,9-10,12,15H,4,7-8,11,13H2,1-3H3,(H,30,31,32);6-7H,1-5H2/t15-;/m1./s1. The van der Waals surface area contributed by atoms with Crippen molar-refractivity contribution in [3.8, 4) is 17.3 Å². The van der Waals surface area contributed by atoms with Crippen LogP contribution >= 0.6 is 0 Å². The number of hydrogen-bond donors (Lipinski definition) is 1. The Morgan fingerprint density at radius 2 is 2.02 bits per heavy atom. The quantitative estimate of drug-likeness (QED) is 0.269. The normalized spacial score (nSPS) is 21.7. The molecule has 3 aliphatic heterocycles. The van der Waals surface area contributed by atoms with Gasteiger partial charge in [-0.15, -0.1) is 0 Å². The Kier molecular flexibility index (Phi) is 8.68. The second-order valence-corrected chi connectivity index (χ2v) is 11.8. The second kappa shape index (κ2) is 12.6. The molecule has 2 unspecified atom stereocenters. The summed E-state index contributed by atoms with van der Waals surface area (Å²) in [6.07, 6.45) is 5.82. The van der Waals surface area contributed by atoms with Gasteiger partial charge in [-0.25, -0.2) is 13.2 Å². The van der Waals surface area contributed by atoms with E-state index in [1.165, 1.54) is 26.0 Å². The van der Waals surface area contributed by atoms with Crippen LogP contribution in [0, 0.1) is 24.5 Å². The van der Waals surface area contributed by atoms with Crippen molar-refractivity contribution in [2.75, 3.05) is 45.3 Å². The van der Waals surface area contributed by atoms with Crippen LogP contribution < -0.4 is 10.1 Å². The number of hydrogen-bond acceptors (Lipinski definition) is 7. The number of pyridine rings is 1. The van der Waals surface area contributed by atoms with E-state index in [1.54, 1.807) is 12.3 Å². The average molecular weight is 594 g/mol. The maximum Gasteiger partial charge on any atom is 0.318 e. The van der Waals surface area contributed by atoms with Gasteiger partial charge in [0.15, 0.2) is 5.82 Å².